The zero-order valence-corrected chi connectivity index (χ0v) is 11.1. The highest BCUT2D eigenvalue weighted by atomic mass is 16.3. The Morgan fingerprint density at radius 1 is 1.11 bits per heavy atom. The van der Waals surface area contributed by atoms with E-state index in [0.29, 0.717) is 23.3 Å². The van der Waals surface area contributed by atoms with E-state index in [1.54, 1.807) is 0 Å². The lowest BCUT2D eigenvalue weighted by Crippen LogP contribution is -2.00. The maximum Gasteiger partial charge on any atom is 0.161 e. The highest BCUT2D eigenvalue weighted by molar-refractivity contribution is 5.62. The zero-order valence-electron chi connectivity index (χ0n) is 11.1. The molecule has 0 spiro atoms. The van der Waals surface area contributed by atoms with Gasteiger partial charge in [0.15, 0.2) is 5.82 Å². The smallest absolute Gasteiger partial charge is 0.161 e. The van der Waals surface area contributed by atoms with E-state index in [4.69, 9.17) is 5.73 Å². The maximum absolute atomic E-state index is 9.82. The molecule has 1 heterocycles. The molecule has 0 amide bonds. The largest absolute Gasteiger partial charge is 0.507 e. The minimum absolute atomic E-state index is 0.329. The van der Waals surface area contributed by atoms with Crippen molar-refractivity contribution < 1.29 is 5.11 Å². The zero-order chi connectivity index (χ0) is 13.6. The van der Waals surface area contributed by atoms with Crippen molar-refractivity contribution >= 4 is 5.82 Å². The second-order valence-electron chi connectivity index (χ2n) is 5.27. The summed E-state index contributed by atoms with van der Waals surface area (Å²) in [5.41, 5.74) is 9.46. The number of hydrogen-bond acceptors (Lipinski definition) is 4. The van der Waals surface area contributed by atoms with Gasteiger partial charge in [-0.3, -0.25) is 0 Å². The summed E-state index contributed by atoms with van der Waals surface area (Å²) in [6.45, 7) is 3.75. The summed E-state index contributed by atoms with van der Waals surface area (Å²) in [5, 5.41) is 9.82. The molecule has 4 heteroatoms. The summed E-state index contributed by atoms with van der Waals surface area (Å²) < 4.78 is 0. The summed E-state index contributed by atoms with van der Waals surface area (Å²) in [4.78, 5) is 8.92. The molecule has 0 saturated heterocycles. The van der Waals surface area contributed by atoms with Gasteiger partial charge in [0.1, 0.15) is 11.6 Å². The van der Waals surface area contributed by atoms with Crippen LogP contribution < -0.4 is 5.73 Å². The average molecular weight is 255 g/mol. The second kappa shape index (κ2) is 4.23. The van der Waals surface area contributed by atoms with Crippen molar-refractivity contribution in [2.45, 2.75) is 32.6 Å². The first-order valence-corrected chi connectivity index (χ1v) is 6.49. The number of anilines is 1. The van der Waals surface area contributed by atoms with Crippen LogP contribution in [0, 0.1) is 13.8 Å². The van der Waals surface area contributed by atoms with Gasteiger partial charge in [0.2, 0.25) is 0 Å². The molecule has 0 unspecified atom stereocenters. The van der Waals surface area contributed by atoms with Gasteiger partial charge in [0.25, 0.3) is 0 Å². The van der Waals surface area contributed by atoms with Crippen LogP contribution in [-0.2, 0) is 0 Å². The minimum atomic E-state index is 0.329. The van der Waals surface area contributed by atoms with E-state index < -0.39 is 0 Å². The summed E-state index contributed by atoms with van der Waals surface area (Å²) in [7, 11) is 0. The standard InChI is InChI=1S/C15H17N3O/c1-8-5-11(6-9(2)14(8)19)15-17-12(10-3-4-10)7-13(16)18-15/h5-7,10,19H,3-4H2,1-2H3,(H2,16,17,18). The topological polar surface area (TPSA) is 72.0 Å². The lowest BCUT2D eigenvalue weighted by molar-refractivity contribution is 0.467. The lowest BCUT2D eigenvalue weighted by atomic mass is 10.1. The molecule has 0 bridgehead atoms. The fourth-order valence-electron chi connectivity index (χ4n) is 2.29. The maximum atomic E-state index is 9.82. The number of benzene rings is 1. The predicted octanol–water partition coefficient (Wildman–Crippen LogP) is 2.93. The van der Waals surface area contributed by atoms with Crippen molar-refractivity contribution in [1.29, 1.82) is 0 Å². The van der Waals surface area contributed by atoms with Gasteiger partial charge in [-0.25, -0.2) is 9.97 Å². The molecule has 98 valence electrons. The summed E-state index contributed by atoms with van der Waals surface area (Å²) >= 11 is 0. The number of hydrogen-bond donors (Lipinski definition) is 2. The molecule has 4 nitrogen and oxygen atoms in total. The van der Waals surface area contributed by atoms with Crippen LogP contribution >= 0.6 is 0 Å². The van der Waals surface area contributed by atoms with E-state index in [1.807, 2.05) is 32.0 Å². The molecular weight excluding hydrogens is 238 g/mol. The van der Waals surface area contributed by atoms with Gasteiger partial charge in [-0.2, -0.15) is 0 Å². The van der Waals surface area contributed by atoms with E-state index in [-0.39, 0.29) is 0 Å². The quantitative estimate of drug-likeness (QED) is 0.865. The first-order valence-electron chi connectivity index (χ1n) is 6.49. The van der Waals surface area contributed by atoms with E-state index in [2.05, 4.69) is 9.97 Å². The number of rotatable bonds is 2. The van der Waals surface area contributed by atoms with Crippen molar-refractivity contribution in [3.05, 3.63) is 35.0 Å². The van der Waals surface area contributed by atoms with Gasteiger partial charge >= 0.3 is 0 Å². The van der Waals surface area contributed by atoms with Crippen molar-refractivity contribution in [3.8, 4) is 17.1 Å². The Kier molecular flexibility index (Phi) is 2.66. The van der Waals surface area contributed by atoms with Crippen molar-refractivity contribution in [1.82, 2.24) is 9.97 Å². The molecule has 3 N–H and O–H groups in total. The van der Waals surface area contributed by atoms with Crippen molar-refractivity contribution in [2.24, 2.45) is 0 Å². The Hall–Kier alpha value is -2.10. The SMILES string of the molecule is Cc1cc(-c2nc(N)cc(C3CC3)n2)cc(C)c1O. The number of phenols is 1. The third-order valence-electron chi connectivity index (χ3n) is 3.51. The van der Waals surface area contributed by atoms with Crippen LogP contribution in [0.2, 0.25) is 0 Å². The van der Waals surface area contributed by atoms with E-state index >= 15 is 0 Å². The first kappa shape index (κ1) is 12.0. The van der Waals surface area contributed by atoms with Crippen LogP contribution in [0.4, 0.5) is 5.82 Å². The van der Waals surface area contributed by atoms with Gasteiger partial charge in [-0.1, -0.05) is 0 Å². The molecule has 1 aliphatic carbocycles. The molecule has 0 radical (unpaired) electrons. The van der Waals surface area contributed by atoms with Crippen LogP contribution in [0.25, 0.3) is 11.4 Å². The molecule has 0 atom stereocenters. The molecule has 1 saturated carbocycles. The molecule has 1 aromatic carbocycles. The van der Waals surface area contributed by atoms with E-state index in [1.165, 1.54) is 12.8 Å². The highest BCUT2D eigenvalue weighted by Gasteiger charge is 2.26. The Labute approximate surface area is 112 Å². The van der Waals surface area contributed by atoms with Crippen LogP contribution in [0.15, 0.2) is 18.2 Å². The summed E-state index contributed by atoms with van der Waals surface area (Å²) in [6.07, 6.45) is 2.37. The third-order valence-corrected chi connectivity index (χ3v) is 3.51. The molecule has 3 rings (SSSR count). The first-order chi connectivity index (χ1) is 9.04. The Balaban J connectivity index is 2.11. The number of phenolic OH excluding ortho intramolecular Hbond substituents is 1. The predicted molar refractivity (Wildman–Crippen MR) is 75.0 cm³/mol. The Morgan fingerprint density at radius 3 is 2.32 bits per heavy atom. The highest BCUT2D eigenvalue weighted by Crippen LogP contribution is 2.40. The van der Waals surface area contributed by atoms with Crippen molar-refractivity contribution in [2.75, 3.05) is 5.73 Å². The second-order valence-corrected chi connectivity index (χ2v) is 5.27. The van der Waals surface area contributed by atoms with Gasteiger partial charge in [-0.15, -0.1) is 0 Å². The van der Waals surface area contributed by atoms with Crippen LogP contribution in [-0.4, -0.2) is 15.1 Å². The minimum Gasteiger partial charge on any atom is -0.507 e. The third kappa shape index (κ3) is 2.26. The fraction of sp³-hybridized carbons (Fsp3) is 0.333. The number of aromatic nitrogens is 2. The molecule has 1 aliphatic rings. The van der Waals surface area contributed by atoms with E-state index in [9.17, 15) is 5.11 Å². The Morgan fingerprint density at radius 2 is 1.74 bits per heavy atom. The van der Waals surface area contributed by atoms with Crippen LogP contribution in [0.5, 0.6) is 5.75 Å². The van der Waals surface area contributed by atoms with Crippen LogP contribution in [0.1, 0.15) is 35.6 Å². The summed E-state index contributed by atoms with van der Waals surface area (Å²) in [5.74, 6) is 2.03. The lowest BCUT2D eigenvalue weighted by Gasteiger charge is -2.09. The van der Waals surface area contributed by atoms with Gasteiger partial charge < -0.3 is 10.8 Å². The molecular formula is C15H17N3O. The monoisotopic (exact) mass is 255 g/mol. The number of aryl methyl sites for hydroxylation is 2. The molecule has 1 aromatic heterocycles. The molecule has 2 aromatic rings. The van der Waals surface area contributed by atoms with Crippen LogP contribution in [0.3, 0.4) is 0 Å². The average Bonchev–Trinajstić information content (AvgIpc) is 3.18. The van der Waals surface area contributed by atoms with Crippen molar-refractivity contribution in [3.63, 3.8) is 0 Å². The molecule has 19 heavy (non-hydrogen) atoms. The molecule has 1 fully saturated rings. The number of nitrogens with two attached hydrogens (primary N) is 1. The van der Waals surface area contributed by atoms with Gasteiger partial charge in [-0.05, 0) is 49.9 Å². The van der Waals surface area contributed by atoms with Gasteiger partial charge in [0.05, 0.1) is 0 Å². The summed E-state index contributed by atoms with van der Waals surface area (Å²) in [6, 6.07) is 5.66. The molecule has 0 aliphatic heterocycles. The van der Waals surface area contributed by atoms with Gasteiger partial charge in [0, 0.05) is 23.2 Å². The Bertz CT molecular complexity index is 625. The number of nitrogen functional groups attached to an aromatic ring is 1. The number of nitrogens with zero attached hydrogens (tertiary/aromatic N) is 2. The normalized spacial score (nSPS) is 14.6. The van der Waals surface area contributed by atoms with E-state index in [0.717, 1.165) is 22.4 Å². The fourth-order valence-corrected chi connectivity index (χ4v) is 2.29. The number of aromatic hydroxyl groups is 1.